The third-order valence-corrected chi connectivity index (χ3v) is 4.37. The summed E-state index contributed by atoms with van der Waals surface area (Å²) in [4.78, 5) is 12.7. The molecule has 3 rings (SSSR count). The minimum Gasteiger partial charge on any atom is -0.496 e. The van der Waals surface area contributed by atoms with Crippen LogP contribution in [-0.2, 0) is 17.9 Å². The highest BCUT2D eigenvalue weighted by Crippen LogP contribution is 2.27. The van der Waals surface area contributed by atoms with Gasteiger partial charge in [0.15, 0.2) is 5.76 Å². The van der Waals surface area contributed by atoms with Crippen molar-refractivity contribution in [2.45, 2.75) is 13.2 Å². The van der Waals surface area contributed by atoms with Gasteiger partial charge < -0.3 is 19.2 Å². The van der Waals surface area contributed by atoms with Gasteiger partial charge in [-0.05, 0) is 24.3 Å². The number of fused-ring (bicyclic) bond motifs is 1. The zero-order valence-electron chi connectivity index (χ0n) is 14.0. The van der Waals surface area contributed by atoms with Gasteiger partial charge in [-0.25, -0.2) is 0 Å². The highest BCUT2D eigenvalue weighted by Gasteiger charge is 2.20. The molecule has 0 spiro atoms. The first-order valence-corrected chi connectivity index (χ1v) is 8.53. The van der Waals surface area contributed by atoms with E-state index in [0.717, 1.165) is 21.0 Å². The van der Waals surface area contributed by atoms with Gasteiger partial charge in [0.05, 0.1) is 13.7 Å². The van der Waals surface area contributed by atoms with Crippen LogP contribution in [0.1, 0.15) is 21.7 Å². The molecule has 0 aliphatic heterocycles. The number of hydrogen-bond donors (Lipinski definition) is 1. The predicted octanol–water partition coefficient (Wildman–Crippen LogP) is 4.28. The molecule has 0 aliphatic carbocycles. The molecular formula is C19H18BrNO4. The van der Waals surface area contributed by atoms with Crippen LogP contribution in [0.5, 0.6) is 5.75 Å². The van der Waals surface area contributed by atoms with Gasteiger partial charge in [-0.1, -0.05) is 34.1 Å². The highest BCUT2D eigenvalue weighted by molar-refractivity contribution is 9.10. The third-order valence-electron chi connectivity index (χ3n) is 3.88. The lowest BCUT2D eigenvalue weighted by Crippen LogP contribution is -2.23. The van der Waals surface area contributed by atoms with Gasteiger partial charge in [-0.15, -0.1) is 0 Å². The molecule has 3 aromatic rings. The maximum atomic E-state index is 12.7. The molecule has 1 aromatic heterocycles. The van der Waals surface area contributed by atoms with Crippen molar-refractivity contribution in [1.29, 1.82) is 0 Å². The second-order valence-corrected chi connectivity index (χ2v) is 6.39. The van der Waals surface area contributed by atoms with Gasteiger partial charge in [0.1, 0.15) is 11.3 Å². The first-order chi connectivity index (χ1) is 12.1. The minimum atomic E-state index is -0.287. The molecule has 0 saturated heterocycles. The van der Waals surface area contributed by atoms with E-state index in [1.54, 1.807) is 14.2 Å². The number of rotatable bonds is 6. The lowest BCUT2D eigenvalue weighted by atomic mass is 10.1. The van der Waals surface area contributed by atoms with Gasteiger partial charge in [-0.2, -0.15) is 0 Å². The lowest BCUT2D eigenvalue weighted by molar-refractivity contribution is 0.0918. The molecule has 130 valence electrons. The number of benzene rings is 2. The first kappa shape index (κ1) is 17.5. The Bertz CT molecular complexity index is 904. The number of nitrogens with one attached hydrogen (secondary N) is 1. The van der Waals surface area contributed by atoms with E-state index in [2.05, 4.69) is 21.2 Å². The summed E-state index contributed by atoms with van der Waals surface area (Å²) < 4.78 is 17.2. The van der Waals surface area contributed by atoms with Crippen LogP contribution < -0.4 is 10.1 Å². The zero-order chi connectivity index (χ0) is 17.8. The van der Waals surface area contributed by atoms with E-state index >= 15 is 0 Å². The van der Waals surface area contributed by atoms with Crippen LogP contribution in [0.2, 0.25) is 0 Å². The number of halogens is 1. The fraction of sp³-hybridized carbons (Fsp3) is 0.211. The largest absolute Gasteiger partial charge is 0.496 e. The summed E-state index contributed by atoms with van der Waals surface area (Å²) in [5, 5.41) is 3.77. The monoisotopic (exact) mass is 403 g/mol. The van der Waals surface area contributed by atoms with Crippen LogP contribution in [0.4, 0.5) is 0 Å². The van der Waals surface area contributed by atoms with Crippen molar-refractivity contribution in [2.75, 3.05) is 14.2 Å². The summed E-state index contributed by atoms with van der Waals surface area (Å²) in [6.07, 6.45) is 0. The highest BCUT2D eigenvalue weighted by atomic mass is 79.9. The summed E-state index contributed by atoms with van der Waals surface area (Å²) in [7, 11) is 3.19. The molecule has 2 aromatic carbocycles. The average Bonchev–Trinajstić information content (AvgIpc) is 2.99. The van der Waals surface area contributed by atoms with E-state index in [-0.39, 0.29) is 11.7 Å². The van der Waals surface area contributed by atoms with E-state index in [1.807, 2.05) is 42.5 Å². The molecule has 0 saturated carbocycles. The van der Waals surface area contributed by atoms with E-state index in [4.69, 9.17) is 13.9 Å². The van der Waals surface area contributed by atoms with Crippen molar-refractivity contribution >= 4 is 32.8 Å². The van der Waals surface area contributed by atoms with Crippen molar-refractivity contribution in [2.24, 2.45) is 0 Å². The number of carbonyl (C=O) groups excluding carboxylic acids is 1. The second-order valence-electron chi connectivity index (χ2n) is 5.48. The SMILES string of the molecule is COCc1c(C(=O)NCc2cc(Br)ccc2OC)oc2ccccc12. The summed E-state index contributed by atoms with van der Waals surface area (Å²) in [5.41, 5.74) is 2.28. The fourth-order valence-corrected chi connectivity index (χ4v) is 3.12. The van der Waals surface area contributed by atoms with Gasteiger partial charge in [0.2, 0.25) is 0 Å². The lowest BCUT2D eigenvalue weighted by Gasteiger charge is -2.10. The van der Waals surface area contributed by atoms with Crippen molar-refractivity contribution in [3.8, 4) is 5.75 Å². The average molecular weight is 404 g/mol. The standard InChI is InChI=1S/C19H18BrNO4/c1-23-11-15-14-5-3-4-6-17(14)25-18(15)19(22)21-10-12-9-13(20)7-8-16(12)24-2/h3-9H,10-11H2,1-2H3,(H,21,22). The normalized spacial score (nSPS) is 10.8. The Hall–Kier alpha value is -2.31. The van der Waals surface area contributed by atoms with Crippen LogP contribution in [0.25, 0.3) is 11.0 Å². The number of carbonyl (C=O) groups is 1. The Labute approximate surface area is 154 Å². The van der Waals surface area contributed by atoms with Crippen molar-refractivity contribution in [3.63, 3.8) is 0 Å². The first-order valence-electron chi connectivity index (χ1n) is 7.74. The number of furan rings is 1. The van der Waals surface area contributed by atoms with Crippen LogP contribution in [-0.4, -0.2) is 20.1 Å². The predicted molar refractivity (Wildman–Crippen MR) is 98.8 cm³/mol. The molecule has 0 unspecified atom stereocenters. The summed E-state index contributed by atoms with van der Waals surface area (Å²) in [5.74, 6) is 0.701. The van der Waals surface area contributed by atoms with E-state index in [9.17, 15) is 4.79 Å². The fourth-order valence-electron chi connectivity index (χ4n) is 2.71. The quantitative estimate of drug-likeness (QED) is 0.666. The summed E-state index contributed by atoms with van der Waals surface area (Å²) in [6, 6.07) is 13.2. The van der Waals surface area contributed by atoms with E-state index in [0.29, 0.717) is 24.5 Å². The summed E-state index contributed by atoms with van der Waals surface area (Å²) >= 11 is 3.43. The minimum absolute atomic E-state index is 0.275. The van der Waals surface area contributed by atoms with Crippen LogP contribution in [0.15, 0.2) is 51.4 Å². The second kappa shape index (κ2) is 7.72. The number of amides is 1. The van der Waals surface area contributed by atoms with E-state index < -0.39 is 0 Å². The maximum absolute atomic E-state index is 12.7. The molecule has 1 heterocycles. The third kappa shape index (κ3) is 3.70. The number of hydrogen-bond acceptors (Lipinski definition) is 4. The van der Waals surface area contributed by atoms with Crippen molar-refractivity contribution in [1.82, 2.24) is 5.32 Å². The molecule has 6 heteroatoms. The molecule has 25 heavy (non-hydrogen) atoms. The number of para-hydroxylation sites is 1. The van der Waals surface area contributed by atoms with Crippen molar-refractivity contribution in [3.05, 3.63) is 63.8 Å². The molecule has 0 atom stereocenters. The molecule has 1 amide bonds. The topological polar surface area (TPSA) is 60.7 Å². The zero-order valence-corrected chi connectivity index (χ0v) is 15.6. The van der Waals surface area contributed by atoms with Gasteiger partial charge in [-0.3, -0.25) is 4.79 Å². The van der Waals surface area contributed by atoms with Crippen LogP contribution in [0, 0.1) is 0 Å². The molecular weight excluding hydrogens is 386 g/mol. The Morgan fingerprint density at radius 1 is 1.20 bits per heavy atom. The van der Waals surface area contributed by atoms with Gasteiger partial charge in [0, 0.05) is 34.6 Å². The van der Waals surface area contributed by atoms with Crippen LogP contribution in [0.3, 0.4) is 0 Å². The van der Waals surface area contributed by atoms with Gasteiger partial charge in [0.25, 0.3) is 5.91 Å². The molecule has 5 nitrogen and oxygen atoms in total. The van der Waals surface area contributed by atoms with E-state index in [1.165, 1.54) is 0 Å². The summed E-state index contributed by atoms with van der Waals surface area (Å²) in [6.45, 7) is 0.630. The Morgan fingerprint density at radius 3 is 2.76 bits per heavy atom. The molecule has 0 aliphatic rings. The Kier molecular flexibility index (Phi) is 5.40. The van der Waals surface area contributed by atoms with Crippen molar-refractivity contribution < 1.29 is 18.7 Å². The number of methoxy groups -OCH3 is 2. The van der Waals surface area contributed by atoms with Gasteiger partial charge >= 0.3 is 0 Å². The Balaban J connectivity index is 1.85. The number of ether oxygens (including phenoxy) is 2. The smallest absolute Gasteiger partial charge is 0.287 e. The van der Waals surface area contributed by atoms with Crippen LogP contribution >= 0.6 is 15.9 Å². The molecule has 0 fully saturated rings. The maximum Gasteiger partial charge on any atom is 0.287 e. The Morgan fingerprint density at radius 2 is 2.00 bits per heavy atom. The molecule has 0 radical (unpaired) electrons. The molecule has 1 N–H and O–H groups in total. The molecule has 0 bridgehead atoms.